The first kappa shape index (κ1) is 23.3. The molecule has 1 fully saturated rings. The Morgan fingerprint density at radius 2 is 1.74 bits per heavy atom. The van der Waals surface area contributed by atoms with Crippen molar-refractivity contribution >= 4 is 40.7 Å². The van der Waals surface area contributed by atoms with E-state index in [1.165, 1.54) is 0 Å². The third kappa shape index (κ3) is 3.72. The Labute approximate surface area is 208 Å². The molecule has 3 aromatic rings. The maximum atomic E-state index is 13.8. The predicted octanol–water partition coefficient (Wildman–Crippen LogP) is 7.47. The molecule has 1 N–H and O–H groups in total. The number of ether oxygens (including phenoxy) is 1. The van der Waals surface area contributed by atoms with Crippen LogP contribution in [0, 0.1) is 12.3 Å². The van der Waals surface area contributed by atoms with Gasteiger partial charge in [0.15, 0.2) is 0 Å². The standard InChI is InChI=1S/C23H18Cl3F3N4O/c1-12-18(20-31-32-21(34-20)22(9-2-10-22)23(27,28)29)30-19(16-8-5-14(25)11-17(16)26)33(12)15-6-3-13(24)4-7-15/h3-8,11,20,31H,2,9-10H2,1H3. The lowest BCUT2D eigenvalue weighted by Crippen LogP contribution is -2.50. The van der Waals surface area contributed by atoms with Crippen molar-refractivity contribution in [3.63, 3.8) is 0 Å². The van der Waals surface area contributed by atoms with E-state index in [1.807, 2.05) is 16.7 Å². The maximum Gasteiger partial charge on any atom is 0.403 e. The van der Waals surface area contributed by atoms with Crippen molar-refractivity contribution in [2.75, 3.05) is 0 Å². The van der Waals surface area contributed by atoms with Crippen molar-refractivity contribution in [2.24, 2.45) is 10.5 Å². The van der Waals surface area contributed by atoms with Crippen LogP contribution in [0.3, 0.4) is 0 Å². The van der Waals surface area contributed by atoms with Crippen molar-refractivity contribution in [1.29, 1.82) is 0 Å². The highest BCUT2D eigenvalue weighted by Crippen LogP contribution is 2.55. The highest BCUT2D eigenvalue weighted by molar-refractivity contribution is 6.36. The molecular formula is C23H18Cl3F3N4O. The third-order valence-electron chi connectivity index (χ3n) is 6.32. The topological polar surface area (TPSA) is 51.4 Å². The molecule has 178 valence electrons. The van der Waals surface area contributed by atoms with Crippen LogP contribution in [0.1, 0.15) is 36.9 Å². The van der Waals surface area contributed by atoms with E-state index in [2.05, 4.69) is 10.5 Å². The number of benzene rings is 2. The number of hydrazone groups is 1. The van der Waals surface area contributed by atoms with Gasteiger partial charge in [-0.25, -0.2) is 4.98 Å². The largest absolute Gasteiger partial charge is 0.448 e. The van der Waals surface area contributed by atoms with E-state index in [0.717, 1.165) is 5.69 Å². The molecule has 0 amide bonds. The Bertz CT molecular complexity index is 1280. The first-order chi connectivity index (χ1) is 16.1. The van der Waals surface area contributed by atoms with Crippen LogP contribution in [0.5, 0.6) is 0 Å². The first-order valence-corrected chi connectivity index (χ1v) is 11.6. The average Bonchev–Trinajstić information content (AvgIpc) is 3.32. The second-order valence-corrected chi connectivity index (χ2v) is 9.60. The molecule has 0 radical (unpaired) electrons. The molecule has 1 atom stereocenters. The van der Waals surface area contributed by atoms with Crippen LogP contribution < -0.4 is 5.43 Å². The molecular weight excluding hydrogens is 512 g/mol. The molecule has 1 saturated carbocycles. The van der Waals surface area contributed by atoms with Gasteiger partial charge in [0.2, 0.25) is 12.1 Å². The summed E-state index contributed by atoms with van der Waals surface area (Å²) in [5.41, 5.74) is 3.03. The van der Waals surface area contributed by atoms with Crippen LogP contribution in [0.15, 0.2) is 47.6 Å². The SMILES string of the molecule is Cc1c(C2NN=C(C3(C(F)(F)F)CCC3)O2)nc(-c2ccc(Cl)cc2Cl)n1-c1ccc(Cl)cc1. The maximum absolute atomic E-state index is 13.8. The van der Waals surface area contributed by atoms with Crippen molar-refractivity contribution < 1.29 is 17.9 Å². The summed E-state index contributed by atoms with van der Waals surface area (Å²) in [6, 6.07) is 12.1. The number of rotatable bonds is 4. The van der Waals surface area contributed by atoms with Gasteiger partial charge in [0.25, 0.3) is 0 Å². The van der Waals surface area contributed by atoms with Gasteiger partial charge in [0.1, 0.15) is 16.9 Å². The van der Waals surface area contributed by atoms with E-state index >= 15 is 0 Å². The molecule has 0 saturated heterocycles. The van der Waals surface area contributed by atoms with Crippen molar-refractivity contribution in [3.05, 3.63) is 68.9 Å². The monoisotopic (exact) mass is 528 g/mol. The molecule has 1 unspecified atom stereocenters. The Balaban J connectivity index is 1.58. The highest BCUT2D eigenvalue weighted by atomic mass is 35.5. The van der Waals surface area contributed by atoms with Crippen molar-refractivity contribution in [3.8, 4) is 17.1 Å². The molecule has 11 heteroatoms. The second kappa shape index (κ2) is 8.36. The van der Waals surface area contributed by atoms with E-state index in [-0.39, 0.29) is 18.7 Å². The molecule has 2 aliphatic rings. The van der Waals surface area contributed by atoms with Gasteiger partial charge in [0.05, 0.1) is 5.02 Å². The van der Waals surface area contributed by atoms with Gasteiger partial charge in [-0.2, -0.15) is 13.2 Å². The summed E-state index contributed by atoms with van der Waals surface area (Å²) in [5.74, 6) is 0.132. The van der Waals surface area contributed by atoms with E-state index in [4.69, 9.17) is 44.5 Å². The minimum atomic E-state index is -4.44. The smallest absolute Gasteiger partial charge is 0.403 e. The molecule has 34 heavy (non-hydrogen) atoms. The lowest BCUT2D eigenvalue weighted by Gasteiger charge is -2.41. The Morgan fingerprint density at radius 3 is 2.32 bits per heavy atom. The van der Waals surface area contributed by atoms with E-state index in [0.29, 0.717) is 44.3 Å². The lowest BCUT2D eigenvalue weighted by atomic mass is 9.68. The summed E-state index contributed by atoms with van der Waals surface area (Å²) >= 11 is 18.6. The minimum absolute atomic E-state index is 0.0481. The van der Waals surface area contributed by atoms with Gasteiger partial charge in [-0.1, -0.05) is 41.2 Å². The molecule has 0 bridgehead atoms. The minimum Gasteiger partial charge on any atom is -0.448 e. The number of halogens is 6. The summed E-state index contributed by atoms with van der Waals surface area (Å²) in [6.07, 6.45) is -5.05. The zero-order chi connectivity index (χ0) is 24.3. The zero-order valence-electron chi connectivity index (χ0n) is 17.8. The quantitative estimate of drug-likeness (QED) is 0.381. The van der Waals surface area contributed by atoms with E-state index in [1.54, 1.807) is 37.3 Å². The Hall–Kier alpha value is -2.42. The van der Waals surface area contributed by atoms with Crippen LogP contribution in [-0.4, -0.2) is 21.6 Å². The third-order valence-corrected chi connectivity index (χ3v) is 7.12. The molecule has 1 aliphatic heterocycles. The van der Waals surface area contributed by atoms with Gasteiger partial charge < -0.3 is 4.74 Å². The molecule has 1 aliphatic carbocycles. The van der Waals surface area contributed by atoms with Gasteiger partial charge >= 0.3 is 6.18 Å². The van der Waals surface area contributed by atoms with Gasteiger partial charge in [-0.05, 0) is 62.2 Å². The average molecular weight is 530 g/mol. The molecule has 2 heterocycles. The lowest BCUT2D eigenvalue weighted by molar-refractivity contribution is -0.226. The summed E-state index contributed by atoms with van der Waals surface area (Å²) in [7, 11) is 0. The fourth-order valence-electron chi connectivity index (χ4n) is 4.29. The number of hydrogen-bond acceptors (Lipinski definition) is 4. The van der Waals surface area contributed by atoms with Gasteiger partial charge in [-0.3, -0.25) is 9.99 Å². The van der Waals surface area contributed by atoms with Crippen molar-refractivity contribution in [2.45, 2.75) is 38.6 Å². The normalized spacial score (nSPS) is 19.3. The zero-order valence-corrected chi connectivity index (χ0v) is 20.0. The number of alkyl halides is 3. The summed E-state index contributed by atoms with van der Waals surface area (Å²) in [4.78, 5) is 4.73. The van der Waals surface area contributed by atoms with Crippen LogP contribution in [0.25, 0.3) is 17.1 Å². The molecule has 0 spiro atoms. The number of aromatic nitrogens is 2. The number of nitrogens with zero attached hydrogens (tertiary/aromatic N) is 3. The van der Waals surface area contributed by atoms with E-state index in [9.17, 15) is 13.2 Å². The Morgan fingerprint density at radius 1 is 1.06 bits per heavy atom. The van der Waals surface area contributed by atoms with Gasteiger partial charge in [-0.15, -0.1) is 5.10 Å². The molecule has 1 aromatic heterocycles. The Kier molecular flexibility index (Phi) is 5.73. The number of imidazole rings is 1. The van der Waals surface area contributed by atoms with Gasteiger partial charge in [0, 0.05) is 27.0 Å². The van der Waals surface area contributed by atoms with E-state index < -0.39 is 17.8 Å². The van der Waals surface area contributed by atoms with Crippen LogP contribution >= 0.6 is 34.8 Å². The fourth-order valence-corrected chi connectivity index (χ4v) is 4.91. The highest BCUT2D eigenvalue weighted by Gasteiger charge is 2.64. The summed E-state index contributed by atoms with van der Waals surface area (Å²) < 4.78 is 49.0. The molecule has 5 rings (SSSR count). The summed E-state index contributed by atoms with van der Waals surface area (Å²) in [5, 5.41) is 5.34. The second-order valence-electron chi connectivity index (χ2n) is 8.32. The van der Waals surface area contributed by atoms with Crippen LogP contribution in [-0.2, 0) is 4.74 Å². The van der Waals surface area contributed by atoms with Crippen LogP contribution in [0.4, 0.5) is 13.2 Å². The number of nitrogens with one attached hydrogen (secondary N) is 1. The fraction of sp³-hybridized carbons (Fsp3) is 0.304. The van der Waals surface area contributed by atoms with Crippen LogP contribution in [0.2, 0.25) is 15.1 Å². The predicted molar refractivity (Wildman–Crippen MR) is 126 cm³/mol. The number of hydrogen-bond donors (Lipinski definition) is 1. The first-order valence-electron chi connectivity index (χ1n) is 10.5. The van der Waals surface area contributed by atoms with Crippen molar-refractivity contribution in [1.82, 2.24) is 15.0 Å². The molecule has 5 nitrogen and oxygen atoms in total. The molecule has 2 aromatic carbocycles. The summed E-state index contributed by atoms with van der Waals surface area (Å²) in [6.45, 7) is 1.80.